The van der Waals surface area contributed by atoms with Gasteiger partial charge in [-0.1, -0.05) is 28.1 Å². The van der Waals surface area contributed by atoms with Crippen LogP contribution in [0.3, 0.4) is 0 Å². The topological polar surface area (TPSA) is 46.3 Å². The lowest BCUT2D eigenvalue weighted by Gasteiger charge is -2.18. The molecule has 1 atom stereocenters. The van der Waals surface area contributed by atoms with Gasteiger partial charge >= 0.3 is 0 Å². The van der Waals surface area contributed by atoms with Gasteiger partial charge in [0.05, 0.1) is 16.7 Å². The molecule has 0 spiro atoms. The van der Waals surface area contributed by atoms with E-state index in [0.717, 1.165) is 21.3 Å². The first kappa shape index (κ1) is 14.7. The van der Waals surface area contributed by atoms with Crippen molar-refractivity contribution in [2.75, 3.05) is 4.90 Å². The molecule has 3 rings (SSSR count). The number of carbonyl (C=O) groups excluding carboxylic acids is 1. The van der Waals surface area contributed by atoms with Crippen LogP contribution in [0.5, 0.6) is 0 Å². The number of fused-ring (bicyclic) bond motifs is 1. The fourth-order valence-corrected chi connectivity index (χ4v) is 3.19. The maximum atomic E-state index is 13.3. The van der Waals surface area contributed by atoms with E-state index in [-0.39, 0.29) is 11.7 Å². The third-order valence-electron chi connectivity index (χ3n) is 3.48. The first-order chi connectivity index (χ1) is 9.97. The summed E-state index contributed by atoms with van der Waals surface area (Å²) in [5.74, 6) is -0.477. The Morgan fingerprint density at radius 1 is 1.19 bits per heavy atom. The van der Waals surface area contributed by atoms with Gasteiger partial charge in [-0.05, 0) is 45.8 Å². The Morgan fingerprint density at radius 3 is 2.67 bits per heavy atom. The van der Waals surface area contributed by atoms with E-state index in [4.69, 9.17) is 5.73 Å². The predicted octanol–water partition coefficient (Wildman–Crippen LogP) is 3.90. The molecule has 1 heterocycles. The van der Waals surface area contributed by atoms with E-state index >= 15 is 0 Å². The first-order valence-electron chi connectivity index (χ1n) is 6.27. The highest BCUT2D eigenvalue weighted by Gasteiger charge is 2.34. The third-order valence-corrected chi connectivity index (χ3v) is 4.58. The van der Waals surface area contributed by atoms with E-state index in [1.54, 1.807) is 17.0 Å². The van der Waals surface area contributed by atoms with Gasteiger partial charge in [-0.3, -0.25) is 4.79 Å². The minimum atomic E-state index is -0.642. The molecule has 108 valence electrons. The lowest BCUT2D eigenvalue weighted by molar-refractivity contribution is -0.119. The van der Waals surface area contributed by atoms with Gasteiger partial charge in [0.1, 0.15) is 11.9 Å². The molecule has 1 unspecified atom stereocenters. The molecule has 21 heavy (non-hydrogen) atoms. The number of anilines is 1. The van der Waals surface area contributed by atoms with Crippen LogP contribution in [-0.2, 0) is 11.3 Å². The lowest BCUT2D eigenvalue weighted by atomic mass is 10.1. The summed E-state index contributed by atoms with van der Waals surface area (Å²) in [6.07, 6.45) is 0. The highest BCUT2D eigenvalue weighted by molar-refractivity contribution is 9.10. The minimum absolute atomic E-state index is 0.149. The van der Waals surface area contributed by atoms with Crippen molar-refractivity contribution in [1.29, 1.82) is 0 Å². The van der Waals surface area contributed by atoms with Gasteiger partial charge in [-0.25, -0.2) is 4.39 Å². The van der Waals surface area contributed by atoms with E-state index in [0.29, 0.717) is 11.0 Å². The summed E-state index contributed by atoms with van der Waals surface area (Å²) in [4.78, 5) is 14.0. The summed E-state index contributed by atoms with van der Waals surface area (Å²) in [5.41, 5.74) is 8.40. The van der Waals surface area contributed by atoms with Gasteiger partial charge in [0, 0.05) is 10.0 Å². The molecular weight excluding hydrogens is 403 g/mol. The Labute approximate surface area is 138 Å². The molecule has 1 amide bonds. The van der Waals surface area contributed by atoms with Crippen LogP contribution >= 0.6 is 31.9 Å². The van der Waals surface area contributed by atoms with Gasteiger partial charge < -0.3 is 10.6 Å². The average molecular weight is 414 g/mol. The third kappa shape index (κ3) is 2.63. The molecule has 0 saturated carbocycles. The van der Waals surface area contributed by atoms with E-state index in [1.165, 1.54) is 6.07 Å². The maximum absolute atomic E-state index is 13.3. The van der Waals surface area contributed by atoms with E-state index < -0.39 is 6.04 Å². The SMILES string of the molecule is NC1C(=O)N(Cc2ccc(F)c(Br)c2)c2cc(Br)ccc21. The summed E-state index contributed by atoms with van der Waals surface area (Å²) in [6, 6.07) is 9.66. The Morgan fingerprint density at radius 2 is 1.95 bits per heavy atom. The van der Waals surface area contributed by atoms with E-state index in [9.17, 15) is 9.18 Å². The Kier molecular flexibility index (Phi) is 3.86. The Bertz CT molecular complexity index is 736. The van der Waals surface area contributed by atoms with E-state index in [2.05, 4.69) is 31.9 Å². The molecule has 0 aromatic heterocycles. The fourth-order valence-electron chi connectivity index (χ4n) is 2.42. The summed E-state index contributed by atoms with van der Waals surface area (Å²) < 4.78 is 14.6. The Balaban J connectivity index is 1.97. The van der Waals surface area contributed by atoms with Gasteiger partial charge in [-0.15, -0.1) is 0 Å². The smallest absolute Gasteiger partial charge is 0.248 e. The molecule has 0 saturated heterocycles. The van der Waals surface area contributed by atoms with Crippen LogP contribution < -0.4 is 10.6 Å². The van der Waals surface area contributed by atoms with Crippen LogP contribution in [-0.4, -0.2) is 5.91 Å². The van der Waals surface area contributed by atoms with Crippen LogP contribution in [0.15, 0.2) is 45.3 Å². The second-order valence-corrected chi connectivity index (χ2v) is 6.62. The molecule has 0 aliphatic carbocycles. The predicted molar refractivity (Wildman–Crippen MR) is 86.4 cm³/mol. The molecule has 0 fully saturated rings. The van der Waals surface area contributed by atoms with Gasteiger partial charge in [-0.2, -0.15) is 0 Å². The summed E-state index contributed by atoms with van der Waals surface area (Å²) in [5, 5.41) is 0. The van der Waals surface area contributed by atoms with Crippen LogP contribution in [0.4, 0.5) is 10.1 Å². The first-order valence-corrected chi connectivity index (χ1v) is 7.86. The average Bonchev–Trinajstić information content (AvgIpc) is 2.68. The molecule has 3 nitrogen and oxygen atoms in total. The molecule has 0 bridgehead atoms. The van der Waals surface area contributed by atoms with Crippen molar-refractivity contribution in [3.63, 3.8) is 0 Å². The lowest BCUT2D eigenvalue weighted by Crippen LogP contribution is -2.31. The molecule has 1 aliphatic rings. The van der Waals surface area contributed by atoms with Gasteiger partial charge in [0.15, 0.2) is 0 Å². The number of amides is 1. The summed E-state index contributed by atoms with van der Waals surface area (Å²) in [6.45, 7) is 0.356. The largest absolute Gasteiger partial charge is 0.316 e. The van der Waals surface area contributed by atoms with Gasteiger partial charge in [0.2, 0.25) is 5.91 Å². The monoisotopic (exact) mass is 412 g/mol. The number of hydrogen-bond donors (Lipinski definition) is 1. The van der Waals surface area contributed by atoms with Crippen LogP contribution in [0.2, 0.25) is 0 Å². The van der Waals surface area contributed by atoms with Crippen molar-refractivity contribution < 1.29 is 9.18 Å². The number of rotatable bonds is 2. The Hall–Kier alpha value is -1.24. The summed E-state index contributed by atoms with van der Waals surface area (Å²) in [7, 11) is 0. The highest BCUT2D eigenvalue weighted by atomic mass is 79.9. The maximum Gasteiger partial charge on any atom is 0.248 e. The zero-order chi connectivity index (χ0) is 15.1. The molecule has 2 aromatic rings. The molecular formula is C15H11Br2FN2O. The van der Waals surface area contributed by atoms with Crippen molar-refractivity contribution in [3.8, 4) is 0 Å². The number of nitrogens with zero attached hydrogens (tertiary/aromatic N) is 1. The van der Waals surface area contributed by atoms with Crippen molar-refractivity contribution in [1.82, 2.24) is 0 Å². The quantitative estimate of drug-likeness (QED) is 0.811. The molecule has 1 aliphatic heterocycles. The van der Waals surface area contributed by atoms with Crippen LogP contribution in [0, 0.1) is 5.82 Å². The van der Waals surface area contributed by atoms with Crippen LogP contribution in [0.1, 0.15) is 17.2 Å². The molecule has 2 aromatic carbocycles. The number of nitrogens with two attached hydrogens (primary N) is 1. The number of benzene rings is 2. The van der Waals surface area contributed by atoms with Crippen molar-refractivity contribution in [2.24, 2.45) is 5.73 Å². The zero-order valence-electron chi connectivity index (χ0n) is 10.8. The molecule has 2 N–H and O–H groups in total. The second-order valence-electron chi connectivity index (χ2n) is 4.85. The minimum Gasteiger partial charge on any atom is -0.316 e. The van der Waals surface area contributed by atoms with Crippen molar-refractivity contribution in [3.05, 3.63) is 62.3 Å². The number of carbonyl (C=O) groups is 1. The number of halogens is 3. The molecule has 0 radical (unpaired) electrons. The molecule has 6 heteroatoms. The van der Waals surface area contributed by atoms with Crippen molar-refractivity contribution >= 4 is 43.5 Å². The van der Waals surface area contributed by atoms with Crippen molar-refractivity contribution in [2.45, 2.75) is 12.6 Å². The fraction of sp³-hybridized carbons (Fsp3) is 0.133. The van der Waals surface area contributed by atoms with Crippen LogP contribution in [0.25, 0.3) is 0 Å². The summed E-state index contributed by atoms with van der Waals surface area (Å²) >= 11 is 6.56. The standard InChI is InChI=1S/C15H11Br2FN2O/c16-9-2-3-10-13(6-9)20(15(21)14(10)19)7-8-1-4-12(18)11(17)5-8/h1-6,14H,7,19H2. The number of hydrogen-bond acceptors (Lipinski definition) is 2. The van der Waals surface area contributed by atoms with Gasteiger partial charge in [0.25, 0.3) is 0 Å². The second kappa shape index (κ2) is 5.51. The zero-order valence-corrected chi connectivity index (χ0v) is 14.0. The van der Waals surface area contributed by atoms with E-state index in [1.807, 2.05) is 18.2 Å². The normalized spacial score (nSPS) is 17.2. The highest BCUT2D eigenvalue weighted by Crippen LogP contribution is 2.37.